The number of sulfonamides is 1. The lowest BCUT2D eigenvalue weighted by Gasteiger charge is -2.37. The second-order valence-corrected chi connectivity index (χ2v) is 9.57. The predicted octanol–water partition coefficient (Wildman–Crippen LogP) is 1.12. The lowest BCUT2D eigenvalue weighted by atomic mass is 9.78. The van der Waals surface area contributed by atoms with Gasteiger partial charge in [0.2, 0.25) is 10.0 Å². The fourth-order valence-corrected chi connectivity index (χ4v) is 5.18. The van der Waals surface area contributed by atoms with Crippen molar-refractivity contribution in [2.75, 3.05) is 0 Å². The highest BCUT2D eigenvalue weighted by Gasteiger charge is 2.48. The Labute approximate surface area is 180 Å². The van der Waals surface area contributed by atoms with E-state index in [4.69, 9.17) is 10.9 Å². The number of benzene rings is 1. The summed E-state index contributed by atoms with van der Waals surface area (Å²) in [4.78, 5) is 8.54. The van der Waals surface area contributed by atoms with Gasteiger partial charge in [-0.1, -0.05) is 18.2 Å². The van der Waals surface area contributed by atoms with Gasteiger partial charge in [0, 0.05) is 42.8 Å². The Hall–Kier alpha value is -3.24. The predicted molar refractivity (Wildman–Crippen MR) is 119 cm³/mol. The van der Waals surface area contributed by atoms with E-state index in [9.17, 15) is 8.42 Å². The van der Waals surface area contributed by atoms with E-state index in [0.29, 0.717) is 23.8 Å². The SMILES string of the molecule is Cc1c2ccc(CNC3=C(N)C(C)(c4ncccn4)C(S(N)(=O)=O)C=C3)cc2nn1C. The van der Waals surface area contributed by atoms with Crippen molar-refractivity contribution in [1.82, 2.24) is 25.1 Å². The van der Waals surface area contributed by atoms with Crippen LogP contribution < -0.4 is 16.2 Å². The van der Waals surface area contributed by atoms with Crippen molar-refractivity contribution >= 4 is 20.9 Å². The Kier molecular flexibility index (Phi) is 5.06. The topological polar surface area (TPSA) is 142 Å². The van der Waals surface area contributed by atoms with Crippen molar-refractivity contribution < 1.29 is 8.42 Å². The Bertz CT molecular complexity index is 1310. The average molecular weight is 440 g/mol. The summed E-state index contributed by atoms with van der Waals surface area (Å²) < 4.78 is 26.5. The number of aryl methyl sites for hydroxylation is 2. The van der Waals surface area contributed by atoms with Crippen LogP contribution in [0.2, 0.25) is 0 Å². The van der Waals surface area contributed by atoms with Crippen molar-refractivity contribution in [3.63, 3.8) is 0 Å². The van der Waals surface area contributed by atoms with Gasteiger partial charge in [-0.2, -0.15) is 5.10 Å². The summed E-state index contributed by atoms with van der Waals surface area (Å²) in [5.41, 5.74) is 9.24. The molecule has 0 spiro atoms. The summed E-state index contributed by atoms with van der Waals surface area (Å²) in [6.45, 7) is 4.21. The van der Waals surface area contributed by atoms with Crippen molar-refractivity contribution in [3.8, 4) is 0 Å². The fraction of sp³-hybridized carbons (Fsp3) is 0.286. The Morgan fingerprint density at radius 3 is 2.65 bits per heavy atom. The van der Waals surface area contributed by atoms with E-state index < -0.39 is 20.7 Å². The normalized spacial score (nSPS) is 21.6. The van der Waals surface area contributed by atoms with Gasteiger partial charge >= 0.3 is 0 Å². The third-order valence-electron chi connectivity index (χ3n) is 5.92. The minimum atomic E-state index is -3.95. The molecule has 0 radical (unpaired) electrons. The molecule has 0 saturated carbocycles. The highest BCUT2D eigenvalue weighted by Crippen LogP contribution is 2.38. The van der Waals surface area contributed by atoms with Crippen LogP contribution in [0.25, 0.3) is 10.9 Å². The van der Waals surface area contributed by atoms with Crippen LogP contribution in [0.15, 0.2) is 60.2 Å². The summed E-state index contributed by atoms with van der Waals surface area (Å²) in [6.07, 6.45) is 6.29. The van der Waals surface area contributed by atoms with E-state index in [0.717, 1.165) is 22.2 Å². The first-order valence-electron chi connectivity index (χ1n) is 9.76. The zero-order valence-electron chi connectivity index (χ0n) is 17.6. The first-order chi connectivity index (χ1) is 14.6. The average Bonchev–Trinajstić information content (AvgIpc) is 3.02. The molecule has 10 heteroatoms. The van der Waals surface area contributed by atoms with Gasteiger partial charge in [-0.25, -0.2) is 23.5 Å². The van der Waals surface area contributed by atoms with Gasteiger partial charge in [0.25, 0.3) is 0 Å². The fourth-order valence-electron chi connectivity index (χ4n) is 3.99. The smallest absolute Gasteiger partial charge is 0.216 e. The second-order valence-electron chi connectivity index (χ2n) is 7.88. The Morgan fingerprint density at radius 1 is 1.26 bits per heavy atom. The van der Waals surface area contributed by atoms with Crippen LogP contribution in [-0.4, -0.2) is 33.4 Å². The minimum absolute atomic E-state index is 0.292. The lowest BCUT2D eigenvalue weighted by Crippen LogP contribution is -2.51. The number of aromatic nitrogens is 4. The molecule has 4 rings (SSSR count). The highest BCUT2D eigenvalue weighted by atomic mass is 32.2. The summed E-state index contributed by atoms with van der Waals surface area (Å²) in [7, 11) is -2.03. The molecule has 2 atom stereocenters. The number of nitrogens with two attached hydrogens (primary N) is 2. The van der Waals surface area contributed by atoms with Crippen LogP contribution in [0, 0.1) is 6.92 Å². The molecule has 3 aromatic rings. The number of allylic oxidation sites excluding steroid dienone is 2. The van der Waals surface area contributed by atoms with Gasteiger partial charge in [-0.15, -0.1) is 0 Å². The number of fused-ring (bicyclic) bond motifs is 1. The third kappa shape index (κ3) is 3.57. The van der Waals surface area contributed by atoms with Crippen LogP contribution in [0.1, 0.15) is 24.0 Å². The van der Waals surface area contributed by atoms with Gasteiger partial charge in [-0.3, -0.25) is 4.68 Å². The Balaban J connectivity index is 1.68. The zero-order chi connectivity index (χ0) is 22.4. The molecule has 9 nitrogen and oxygen atoms in total. The molecule has 0 fully saturated rings. The maximum atomic E-state index is 12.3. The van der Waals surface area contributed by atoms with Crippen LogP contribution in [0.5, 0.6) is 0 Å². The molecule has 31 heavy (non-hydrogen) atoms. The van der Waals surface area contributed by atoms with E-state index in [1.54, 1.807) is 31.5 Å². The molecule has 5 N–H and O–H groups in total. The van der Waals surface area contributed by atoms with Crippen LogP contribution >= 0.6 is 0 Å². The molecular formula is C21H25N7O2S. The first kappa shape index (κ1) is 21.0. The molecule has 2 unspecified atom stereocenters. The quantitative estimate of drug-likeness (QED) is 0.541. The van der Waals surface area contributed by atoms with Gasteiger partial charge < -0.3 is 11.1 Å². The van der Waals surface area contributed by atoms with Gasteiger partial charge in [-0.05, 0) is 37.6 Å². The van der Waals surface area contributed by atoms with Crippen LogP contribution in [0.4, 0.5) is 0 Å². The number of hydrogen-bond acceptors (Lipinski definition) is 7. The number of primary sulfonamides is 1. The molecule has 162 valence electrons. The van der Waals surface area contributed by atoms with E-state index in [2.05, 4.69) is 20.4 Å². The zero-order valence-corrected chi connectivity index (χ0v) is 18.4. The summed E-state index contributed by atoms with van der Waals surface area (Å²) >= 11 is 0. The lowest BCUT2D eigenvalue weighted by molar-refractivity contribution is 0.484. The van der Waals surface area contributed by atoms with Crippen molar-refractivity contribution in [3.05, 3.63) is 77.3 Å². The molecule has 2 aromatic heterocycles. The first-order valence-corrected chi connectivity index (χ1v) is 11.4. The number of hydrogen-bond donors (Lipinski definition) is 3. The van der Waals surface area contributed by atoms with E-state index in [1.807, 2.05) is 36.9 Å². The van der Waals surface area contributed by atoms with E-state index in [1.165, 1.54) is 6.08 Å². The minimum Gasteiger partial charge on any atom is -0.400 e. The number of nitrogens with one attached hydrogen (secondary N) is 1. The summed E-state index contributed by atoms with van der Waals surface area (Å²) in [6, 6.07) is 7.75. The third-order valence-corrected chi connectivity index (χ3v) is 7.26. The summed E-state index contributed by atoms with van der Waals surface area (Å²) in [5.74, 6) is 0.292. The van der Waals surface area contributed by atoms with Gasteiger partial charge in [0.15, 0.2) is 0 Å². The molecule has 0 aliphatic heterocycles. The molecule has 0 saturated heterocycles. The molecular weight excluding hydrogens is 414 g/mol. The van der Waals surface area contributed by atoms with Crippen molar-refractivity contribution in [1.29, 1.82) is 0 Å². The maximum Gasteiger partial charge on any atom is 0.216 e. The monoisotopic (exact) mass is 439 g/mol. The van der Waals surface area contributed by atoms with E-state index >= 15 is 0 Å². The van der Waals surface area contributed by atoms with Gasteiger partial charge in [0.05, 0.1) is 16.6 Å². The Morgan fingerprint density at radius 2 is 1.97 bits per heavy atom. The molecule has 1 aliphatic carbocycles. The standard InChI is InChI=1S/C21H25N7O2S/c1-13-15-6-5-14(11-17(15)27-28(13)3)12-26-16-7-8-18(31(23,29)30)21(2,19(16)22)20-24-9-4-10-25-20/h4-11,18,26H,12,22H2,1-3H3,(H2,23,29,30). The summed E-state index contributed by atoms with van der Waals surface area (Å²) in [5, 5.41) is 13.4. The molecule has 1 aromatic carbocycles. The molecule has 1 aliphatic rings. The molecule has 0 bridgehead atoms. The largest absolute Gasteiger partial charge is 0.400 e. The van der Waals surface area contributed by atoms with Gasteiger partial charge in [0.1, 0.15) is 11.1 Å². The van der Waals surface area contributed by atoms with Crippen molar-refractivity contribution in [2.24, 2.45) is 17.9 Å². The highest BCUT2D eigenvalue weighted by molar-refractivity contribution is 7.90. The van der Waals surface area contributed by atoms with E-state index in [-0.39, 0.29) is 0 Å². The number of rotatable bonds is 5. The van der Waals surface area contributed by atoms with Crippen molar-refractivity contribution in [2.45, 2.75) is 31.1 Å². The van der Waals surface area contributed by atoms with Crippen LogP contribution in [0.3, 0.4) is 0 Å². The molecule has 2 heterocycles. The molecule has 0 amide bonds. The number of nitrogens with zero attached hydrogens (tertiary/aromatic N) is 4. The van der Waals surface area contributed by atoms with Crippen LogP contribution in [-0.2, 0) is 29.0 Å². The second kappa shape index (κ2) is 7.47. The maximum absolute atomic E-state index is 12.3.